The molecule has 1 fully saturated rings. The number of nitrogens with zero attached hydrogens (tertiary/aromatic N) is 2. The van der Waals surface area contributed by atoms with E-state index < -0.39 is 10.2 Å². The zero-order chi connectivity index (χ0) is 14.4. The highest BCUT2D eigenvalue weighted by Crippen LogP contribution is 2.19. The molecule has 2 heterocycles. The van der Waals surface area contributed by atoms with Crippen LogP contribution < -0.4 is 10.0 Å². The minimum atomic E-state index is -3.39. The summed E-state index contributed by atoms with van der Waals surface area (Å²) in [4.78, 5) is 4.15. The van der Waals surface area contributed by atoms with E-state index >= 15 is 0 Å². The second kappa shape index (κ2) is 7.46. The van der Waals surface area contributed by atoms with Crippen LogP contribution in [-0.2, 0) is 16.6 Å². The quantitative estimate of drug-likeness (QED) is 0.772. The van der Waals surface area contributed by atoms with Gasteiger partial charge in [-0.15, -0.1) is 11.3 Å². The second-order valence-corrected chi connectivity index (χ2v) is 7.58. The number of hydrogen-bond donors (Lipinski definition) is 2. The molecule has 1 aromatic rings. The van der Waals surface area contributed by atoms with E-state index in [0.29, 0.717) is 26.1 Å². The predicted molar refractivity (Wildman–Crippen MR) is 81.0 cm³/mol. The molecule has 0 aromatic carbocycles. The largest absolute Gasteiger partial charge is 0.318 e. The zero-order valence-electron chi connectivity index (χ0n) is 11.7. The fourth-order valence-corrected chi connectivity index (χ4v) is 4.56. The smallest absolute Gasteiger partial charge is 0.279 e. The van der Waals surface area contributed by atoms with Crippen LogP contribution in [0.25, 0.3) is 0 Å². The first-order valence-corrected chi connectivity index (χ1v) is 9.25. The van der Waals surface area contributed by atoms with E-state index in [0.717, 1.165) is 24.3 Å². The van der Waals surface area contributed by atoms with Crippen molar-refractivity contribution in [2.24, 2.45) is 0 Å². The van der Waals surface area contributed by atoms with Gasteiger partial charge in [0.05, 0.1) is 5.01 Å². The Hall–Kier alpha value is -0.540. The summed E-state index contributed by atoms with van der Waals surface area (Å²) in [5, 5.41) is 5.93. The molecule has 114 valence electrons. The van der Waals surface area contributed by atoms with Gasteiger partial charge in [0.15, 0.2) is 0 Å². The normalized spacial score (nSPS) is 21.1. The first kappa shape index (κ1) is 15.8. The van der Waals surface area contributed by atoms with Crippen molar-refractivity contribution < 1.29 is 8.42 Å². The number of nitrogens with one attached hydrogen (secondary N) is 2. The van der Waals surface area contributed by atoms with E-state index in [1.165, 1.54) is 0 Å². The first-order valence-electron chi connectivity index (χ1n) is 6.93. The van der Waals surface area contributed by atoms with Gasteiger partial charge in [0.2, 0.25) is 0 Å². The molecule has 6 nitrogen and oxygen atoms in total. The Morgan fingerprint density at radius 2 is 2.35 bits per heavy atom. The number of likely N-dealkylation sites (N-methyl/N-ethyl adjacent to an activating group) is 1. The van der Waals surface area contributed by atoms with Crippen molar-refractivity contribution in [1.82, 2.24) is 19.3 Å². The summed E-state index contributed by atoms with van der Waals surface area (Å²) in [6.45, 7) is 1.71. The van der Waals surface area contributed by atoms with Crippen LogP contribution in [0.1, 0.15) is 24.3 Å². The van der Waals surface area contributed by atoms with Crippen LogP contribution in [0.2, 0.25) is 0 Å². The van der Waals surface area contributed by atoms with Crippen LogP contribution in [0.4, 0.5) is 0 Å². The second-order valence-electron chi connectivity index (χ2n) is 4.89. The average Bonchev–Trinajstić information content (AvgIpc) is 2.92. The molecule has 1 aliphatic heterocycles. The van der Waals surface area contributed by atoms with Crippen molar-refractivity contribution in [2.75, 3.05) is 26.7 Å². The van der Waals surface area contributed by atoms with Gasteiger partial charge in [-0.05, 0) is 19.9 Å². The Bertz CT molecular complexity index is 488. The molecule has 0 saturated carbocycles. The molecule has 1 saturated heterocycles. The summed E-state index contributed by atoms with van der Waals surface area (Å²) in [5.41, 5.74) is 0. The highest BCUT2D eigenvalue weighted by Gasteiger charge is 2.31. The third kappa shape index (κ3) is 4.23. The summed E-state index contributed by atoms with van der Waals surface area (Å²) in [5.74, 6) is 0. The van der Waals surface area contributed by atoms with Crippen molar-refractivity contribution in [3.8, 4) is 0 Å². The van der Waals surface area contributed by atoms with Crippen molar-refractivity contribution in [3.05, 3.63) is 16.6 Å². The highest BCUT2D eigenvalue weighted by molar-refractivity contribution is 7.87. The van der Waals surface area contributed by atoms with E-state index in [-0.39, 0.29) is 6.04 Å². The molecule has 8 heteroatoms. The van der Waals surface area contributed by atoms with Crippen LogP contribution in [-0.4, -0.2) is 50.4 Å². The summed E-state index contributed by atoms with van der Waals surface area (Å²) in [6, 6.07) is 0.0612. The van der Waals surface area contributed by atoms with Crippen LogP contribution in [0.15, 0.2) is 11.6 Å². The first-order chi connectivity index (χ1) is 9.63. The Kier molecular flexibility index (Phi) is 5.91. The molecule has 1 aliphatic rings. The maximum atomic E-state index is 12.4. The maximum Gasteiger partial charge on any atom is 0.279 e. The summed E-state index contributed by atoms with van der Waals surface area (Å²) in [7, 11) is -1.53. The van der Waals surface area contributed by atoms with Gasteiger partial charge >= 0.3 is 0 Å². The molecule has 2 rings (SSSR count). The van der Waals surface area contributed by atoms with E-state index in [2.05, 4.69) is 15.0 Å². The summed E-state index contributed by atoms with van der Waals surface area (Å²) < 4.78 is 29.0. The van der Waals surface area contributed by atoms with E-state index in [1.807, 2.05) is 12.4 Å². The van der Waals surface area contributed by atoms with Gasteiger partial charge in [-0.2, -0.15) is 12.7 Å². The van der Waals surface area contributed by atoms with Crippen molar-refractivity contribution >= 4 is 21.5 Å². The molecule has 0 amide bonds. The van der Waals surface area contributed by atoms with Crippen molar-refractivity contribution in [3.63, 3.8) is 0 Å². The van der Waals surface area contributed by atoms with Crippen LogP contribution in [0.5, 0.6) is 0 Å². The number of thiazole rings is 1. The molecule has 1 atom stereocenters. The van der Waals surface area contributed by atoms with Crippen LogP contribution in [0.3, 0.4) is 0 Å². The van der Waals surface area contributed by atoms with Gasteiger partial charge in [-0.25, -0.2) is 9.71 Å². The Morgan fingerprint density at radius 3 is 3.05 bits per heavy atom. The fourth-order valence-electron chi connectivity index (χ4n) is 2.48. The summed E-state index contributed by atoms with van der Waals surface area (Å²) >= 11 is 1.55. The van der Waals surface area contributed by atoms with Crippen molar-refractivity contribution in [2.45, 2.75) is 31.7 Å². The number of hydrogen-bond acceptors (Lipinski definition) is 5. The van der Waals surface area contributed by atoms with E-state index in [4.69, 9.17) is 0 Å². The molecule has 0 aliphatic carbocycles. The Labute approximate surface area is 124 Å². The average molecular weight is 318 g/mol. The highest BCUT2D eigenvalue weighted by atomic mass is 32.2. The Morgan fingerprint density at radius 1 is 1.50 bits per heavy atom. The molecular weight excluding hydrogens is 296 g/mol. The lowest BCUT2D eigenvalue weighted by molar-refractivity contribution is 0.246. The van der Waals surface area contributed by atoms with Gasteiger partial charge in [0.25, 0.3) is 10.2 Å². The molecule has 0 spiro atoms. The van der Waals surface area contributed by atoms with E-state index in [9.17, 15) is 8.42 Å². The molecule has 2 N–H and O–H groups in total. The lowest BCUT2D eigenvalue weighted by Gasteiger charge is -2.34. The molecule has 0 bridgehead atoms. The molecular formula is C12H22N4O2S2. The number of piperidine rings is 1. The van der Waals surface area contributed by atoms with Gasteiger partial charge in [-0.3, -0.25) is 0 Å². The third-order valence-electron chi connectivity index (χ3n) is 3.43. The third-order valence-corrected chi connectivity index (χ3v) is 5.93. The zero-order valence-corrected chi connectivity index (χ0v) is 13.3. The standard InChI is InChI=1S/C12H22N4O2S2/c1-13-10-11-4-2-3-8-16(11)20(17,18)15-6-5-12-14-7-9-19-12/h7,9,11,13,15H,2-6,8,10H2,1H3. The molecule has 1 aromatic heterocycles. The van der Waals surface area contributed by atoms with Crippen molar-refractivity contribution in [1.29, 1.82) is 0 Å². The number of aromatic nitrogens is 1. The van der Waals surface area contributed by atoms with Crippen LogP contribution in [0, 0.1) is 0 Å². The van der Waals surface area contributed by atoms with Gasteiger partial charge < -0.3 is 5.32 Å². The SMILES string of the molecule is CNCC1CCCCN1S(=O)(=O)NCCc1nccs1. The molecule has 20 heavy (non-hydrogen) atoms. The van der Waals surface area contributed by atoms with Gasteiger partial charge in [-0.1, -0.05) is 6.42 Å². The van der Waals surface area contributed by atoms with Gasteiger partial charge in [0, 0.05) is 43.7 Å². The predicted octanol–water partition coefficient (Wildman–Crippen LogP) is 0.594. The molecule has 0 radical (unpaired) electrons. The topological polar surface area (TPSA) is 74.3 Å². The monoisotopic (exact) mass is 318 g/mol. The lowest BCUT2D eigenvalue weighted by Crippen LogP contribution is -2.52. The lowest BCUT2D eigenvalue weighted by atomic mass is 10.1. The Balaban J connectivity index is 1.90. The minimum absolute atomic E-state index is 0.0612. The maximum absolute atomic E-state index is 12.4. The van der Waals surface area contributed by atoms with Gasteiger partial charge in [0.1, 0.15) is 0 Å². The molecule has 1 unspecified atom stereocenters. The summed E-state index contributed by atoms with van der Waals surface area (Å²) in [6.07, 6.45) is 5.34. The van der Waals surface area contributed by atoms with Crippen LogP contribution >= 0.6 is 11.3 Å². The fraction of sp³-hybridized carbons (Fsp3) is 0.750. The minimum Gasteiger partial charge on any atom is -0.318 e. The van der Waals surface area contributed by atoms with E-state index in [1.54, 1.807) is 21.8 Å². The number of rotatable bonds is 7.